The number of aromatic nitrogens is 1. The van der Waals surface area contributed by atoms with E-state index in [0.29, 0.717) is 37.2 Å². The highest BCUT2D eigenvalue weighted by Gasteiger charge is 2.32. The van der Waals surface area contributed by atoms with Crippen molar-refractivity contribution < 1.29 is 32.2 Å². The highest BCUT2D eigenvalue weighted by Crippen LogP contribution is 2.32. The van der Waals surface area contributed by atoms with Gasteiger partial charge in [0.05, 0.1) is 5.56 Å². The molecule has 2 aromatic carbocycles. The molecular formula is C43H62F3N3O4. The lowest BCUT2D eigenvalue weighted by Crippen LogP contribution is -2.24. The molecule has 0 saturated carbocycles. The van der Waals surface area contributed by atoms with Crippen LogP contribution < -0.4 is 10.5 Å². The highest BCUT2D eigenvalue weighted by atomic mass is 19.4. The number of halogens is 3. The van der Waals surface area contributed by atoms with E-state index in [1.54, 1.807) is 0 Å². The Hall–Kier alpha value is -4.05. The average molecular weight is 742 g/mol. The van der Waals surface area contributed by atoms with E-state index in [0.717, 1.165) is 24.6 Å². The van der Waals surface area contributed by atoms with Crippen LogP contribution in [0.2, 0.25) is 0 Å². The van der Waals surface area contributed by atoms with E-state index >= 15 is 0 Å². The Morgan fingerprint density at radius 2 is 1.53 bits per heavy atom. The molecule has 0 spiro atoms. The van der Waals surface area contributed by atoms with Crippen LogP contribution in [-0.4, -0.2) is 42.1 Å². The first-order chi connectivity index (χ1) is 24.8. The van der Waals surface area contributed by atoms with Gasteiger partial charge >= 0.3 is 6.36 Å². The lowest BCUT2D eigenvalue weighted by molar-refractivity contribution is -0.274. The zero-order valence-corrected chi connectivity index (χ0v) is 33.7. The van der Waals surface area contributed by atoms with E-state index in [1.807, 2.05) is 33.9 Å². The van der Waals surface area contributed by atoms with Gasteiger partial charge < -0.3 is 15.2 Å². The van der Waals surface area contributed by atoms with Crippen LogP contribution in [0.1, 0.15) is 121 Å². The summed E-state index contributed by atoms with van der Waals surface area (Å²) in [5.74, 6) is 0.0206. The number of benzene rings is 2. The third-order valence-electron chi connectivity index (χ3n) is 8.39. The molecule has 0 bridgehead atoms. The third-order valence-corrected chi connectivity index (χ3v) is 8.39. The number of hydrogen-bond donors (Lipinski definition) is 1. The van der Waals surface area contributed by atoms with Crippen LogP contribution in [0.5, 0.6) is 5.75 Å². The Balaban J connectivity index is 0.000000452. The van der Waals surface area contributed by atoms with Crippen molar-refractivity contribution in [3.63, 3.8) is 0 Å². The van der Waals surface area contributed by atoms with Gasteiger partial charge in [-0.05, 0) is 123 Å². The van der Waals surface area contributed by atoms with Gasteiger partial charge in [0.25, 0.3) is 5.91 Å². The molecule has 0 saturated heterocycles. The second-order valence-electron chi connectivity index (χ2n) is 14.5. The van der Waals surface area contributed by atoms with E-state index in [-0.39, 0.29) is 29.7 Å². The number of pyridine rings is 1. The summed E-state index contributed by atoms with van der Waals surface area (Å²) >= 11 is 0. The Kier molecular flexibility index (Phi) is 20.9. The molecule has 0 aliphatic carbocycles. The third kappa shape index (κ3) is 18.5. The molecule has 0 aliphatic heterocycles. The van der Waals surface area contributed by atoms with Crippen molar-refractivity contribution in [1.82, 2.24) is 4.98 Å². The summed E-state index contributed by atoms with van der Waals surface area (Å²) < 4.78 is 46.4. The first kappa shape index (κ1) is 47.0. The number of ketones is 1. The monoisotopic (exact) mass is 741 g/mol. The molecule has 53 heavy (non-hydrogen) atoms. The van der Waals surface area contributed by atoms with Crippen LogP contribution in [0.4, 0.5) is 13.2 Å². The number of para-hydroxylation sites is 1. The molecule has 3 aromatic rings. The number of nitrogens with zero attached hydrogens (tertiary/aromatic N) is 2. The summed E-state index contributed by atoms with van der Waals surface area (Å²) in [7, 11) is 0. The van der Waals surface area contributed by atoms with Crippen molar-refractivity contribution in [2.75, 3.05) is 13.2 Å². The van der Waals surface area contributed by atoms with Crippen LogP contribution in [0.3, 0.4) is 0 Å². The number of rotatable bonds is 15. The maximum absolute atomic E-state index is 12.5. The van der Waals surface area contributed by atoms with Crippen LogP contribution in [-0.2, 0) is 14.3 Å². The van der Waals surface area contributed by atoms with Gasteiger partial charge in [-0.1, -0.05) is 79.2 Å². The lowest BCUT2D eigenvalue weighted by Gasteiger charge is -2.17. The summed E-state index contributed by atoms with van der Waals surface area (Å²) in [5.41, 5.74) is 13.7. The number of nitrogens with two attached hydrogens (primary N) is 1. The van der Waals surface area contributed by atoms with E-state index in [9.17, 15) is 22.8 Å². The minimum Gasteiger partial charge on any atom is -0.405 e. The first-order valence-electron chi connectivity index (χ1n) is 18.6. The smallest absolute Gasteiger partial charge is 0.405 e. The number of aryl methyl sites for hydroxylation is 3. The number of amides is 1. The molecule has 10 heteroatoms. The van der Waals surface area contributed by atoms with E-state index in [1.165, 1.54) is 59.4 Å². The zero-order valence-electron chi connectivity index (χ0n) is 33.7. The molecule has 2 atom stereocenters. The van der Waals surface area contributed by atoms with E-state index < -0.39 is 18.0 Å². The van der Waals surface area contributed by atoms with Gasteiger partial charge in [0, 0.05) is 24.4 Å². The minimum atomic E-state index is -4.85. The maximum atomic E-state index is 12.5. The van der Waals surface area contributed by atoms with Crippen molar-refractivity contribution in [2.45, 2.75) is 121 Å². The molecule has 1 heterocycles. The van der Waals surface area contributed by atoms with Crippen LogP contribution >= 0.6 is 0 Å². The molecule has 7 nitrogen and oxygen atoms in total. The topological polar surface area (TPSA) is 104 Å². The van der Waals surface area contributed by atoms with Crippen molar-refractivity contribution in [2.24, 2.45) is 28.5 Å². The molecule has 1 aromatic heterocycles. The number of amidine groups is 1. The van der Waals surface area contributed by atoms with Crippen molar-refractivity contribution >= 4 is 17.5 Å². The fourth-order valence-corrected chi connectivity index (χ4v) is 5.64. The standard InChI is InChI=1S/C19H27F3N2O2.C18H23N.C6H12O2/c1-12(2)9-10-14(11-13(3)4)18(25)24-17(23)15-7-5-6-8-16(15)26-19(20,21)22;1-6-12(2)17-9-13(3)18(14(4)10-17)16-7-8-19-15(5)11-16;1-3-4-8-5-6(2)7/h5-8,12-14H,9-11H2,1-4H3,(H2,23,24,25);7-12H,6H2,1-5H3;3-5H2,1-2H3. The largest absolute Gasteiger partial charge is 0.573 e. The Morgan fingerprint density at radius 3 is 2.04 bits per heavy atom. The quantitative estimate of drug-likeness (QED) is 0.0945. The average Bonchev–Trinajstić information content (AvgIpc) is 3.05. The fourth-order valence-electron chi connectivity index (χ4n) is 5.64. The SMILES string of the molecule is CC(C)CCC(CC(C)C)C(=O)N=C(N)c1ccccc1OC(F)(F)F.CCC(C)c1cc(C)c(-c2ccnc(C)c2)c(C)c1.CCCOCC(C)=O. The molecule has 0 aliphatic rings. The van der Waals surface area contributed by atoms with Gasteiger partial charge in [0.2, 0.25) is 0 Å². The molecule has 0 radical (unpaired) electrons. The predicted octanol–water partition coefficient (Wildman–Crippen LogP) is 11.1. The molecule has 3 rings (SSSR count). The highest BCUT2D eigenvalue weighted by molar-refractivity contribution is 6.06. The van der Waals surface area contributed by atoms with Gasteiger partial charge in [-0.25, -0.2) is 0 Å². The van der Waals surface area contributed by atoms with Crippen LogP contribution in [0.15, 0.2) is 59.7 Å². The molecule has 0 fully saturated rings. The van der Waals surface area contributed by atoms with E-state index in [2.05, 4.69) is 80.5 Å². The second kappa shape index (κ2) is 23.6. The first-order valence-corrected chi connectivity index (χ1v) is 18.6. The van der Waals surface area contributed by atoms with Gasteiger partial charge in [0.1, 0.15) is 18.2 Å². The predicted molar refractivity (Wildman–Crippen MR) is 210 cm³/mol. The molecule has 2 N–H and O–H groups in total. The summed E-state index contributed by atoms with van der Waals surface area (Å²) in [6.07, 6.45) is 1.41. The Labute approximate surface area is 316 Å². The Morgan fingerprint density at radius 1 is 0.906 bits per heavy atom. The number of carbonyl (C=O) groups excluding carboxylic acids is 2. The second-order valence-corrected chi connectivity index (χ2v) is 14.5. The summed E-state index contributed by atoms with van der Waals surface area (Å²) in [6, 6.07) is 14.3. The maximum Gasteiger partial charge on any atom is 0.573 e. The van der Waals surface area contributed by atoms with Gasteiger partial charge in [0.15, 0.2) is 5.78 Å². The molecular weight excluding hydrogens is 679 g/mol. The lowest BCUT2D eigenvalue weighted by atomic mass is 9.89. The number of ether oxygens (including phenoxy) is 2. The van der Waals surface area contributed by atoms with Gasteiger partial charge in [-0.15, -0.1) is 13.2 Å². The van der Waals surface area contributed by atoms with E-state index in [4.69, 9.17) is 10.5 Å². The normalized spacial score (nSPS) is 12.7. The molecule has 1 amide bonds. The van der Waals surface area contributed by atoms with Crippen LogP contribution in [0, 0.1) is 38.5 Å². The number of hydrogen-bond acceptors (Lipinski definition) is 5. The number of aliphatic imine (C=N–C) groups is 1. The fraction of sp³-hybridized carbons (Fsp3) is 0.535. The molecule has 294 valence electrons. The van der Waals surface area contributed by atoms with Gasteiger partial charge in [-0.2, -0.15) is 4.99 Å². The number of Topliss-reactive ketones (excluding diaryl/α,β-unsaturated/α-hetero) is 1. The zero-order chi connectivity index (χ0) is 40.3. The molecule has 2 unspecified atom stereocenters. The van der Waals surface area contributed by atoms with Crippen LogP contribution in [0.25, 0.3) is 11.1 Å². The summed E-state index contributed by atoms with van der Waals surface area (Å²) in [6.45, 7) is 23.7. The summed E-state index contributed by atoms with van der Waals surface area (Å²) in [4.78, 5) is 30.9. The van der Waals surface area contributed by atoms with Crippen molar-refractivity contribution in [3.05, 3.63) is 82.7 Å². The van der Waals surface area contributed by atoms with Crippen molar-refractivity contribution in [3.8, 4) is 16.9 Å². The van der Waals surface area contributed by atoms with Gasteiger partial charge in [-0.3, -0.25) is 14.6 Å². The van der Waals surface area contributed by atoms with Crippen molar-refractivity contribution in [1.29, 1.82) is 0 Å². The minimum absolute atomic E-state index is 0.0506. The number of carbonyl (C=O) groups is 2. The number of alkyl halides is 3. The summed E-state index contributed by atoms with van der Waals surface area (Å²) in [5, 5.41) is 0. The Bertz CT molecular complexity index is 1580.